The van der Waals surface area contributed by atoms with E-state index in [-0.39, 0.29) is 23.3 Å². The van der Waals surface area contributed by atoms with Gasteiger partial charge in [-0.25, -0.2) is 22.7 Å². The molecule has 2 aromatic heterocycles. The SMILES string of the molecule is COc1nc(C)cnc1N(COCC[Si](C)(C)C)S(=O)(=O)c1cccnc1-c1ccc(SC)cc1. The summed E-state index contributed by atoms with van der Waals surface area (Å²) in [6.45, 7) is 8.71. The molecule has 3 rings (SSSR count). The first-order valence-corrected chi connectivity index (χ1v) is 17.5. The van der Waals surface area contributed by atoms with Crippen LogP contribution in [0.4, 0.5) is 5.82 Å². The summed E-state index contributed by atoms with van der Waals surface area (Å²) in [5.41, 5.74) is 1.66. The van der Waals surface area contributed by atoms with E-state index in [0.29, 0.717) is 23.6 Å². The Kier molecular flexibility index (Phi) is 8.92. The van der Waals surface area contributed by atoms with Crippen molar-refractivity contribution >= 4 is 35.7 Å². The van der Waals surface area contributed by atoms with Gasteiger partial charge < -0.3 is 9.47 Å². The highest BCUT2D eigenvalue weighted by molar-refractivity contribution is 7.98. The van der Waals surface area contributed by atoms with Gasteiger partial charge in [0, 0.05) is 31.3 Å². The topological polar surface area (TPSA) is 94.5 Å². The number of aryl methyl sites for hydroxylation is 1. The number of aromatic nitrogens is 3. The first-order valence-electron chi connectivity index (χ1n) is 11.1. The van der Waals surface area contributed by atoms with Crippen LogP contribution >= 0.6 is 11.8 Å². The van der Waals surface area contributed by atoms with Crippen molar-refractivity contribution < 1.29 is 17.9 Å². The van der Waals surface area contributed by atoms with E-state index >= 15 is 0 Å². The van der Waals surface area contributed by atoms with Gasteiger partial charge in [0.1, 0.15) is 11.6 Å². The van der Waals surface area contributed by atoms with Gasteiger partial charge in [-0.15, -0.1) is 11.8 Å². The third-order valence-electron chi connectivity index (χ3n) is 5.18. The van der Waals surface area contributed by atoms with Gasteiger partial charge in [0.2, 0.25) is 5.82 Å². The Labute approximate surface area is 213 Å². The molecule has 0 fully saturated rings. The van der Waals surface area contributed by atoms with Gasteiger partial charge in [-0.05, 0) is 43.5 Å². The molecule has 0 bridgehead atoms. The standard InChI is InChI=1S/C24H32N4O4S2Si/c1-18-16-26-23(24(27-18)31-2)28(17-32-14-15-35(4,5)6)34(29,30)21-8-7-13-25-22(21)19-9-11-20(33-3)12-10-19/h7-13,16H,14-15,17H2,1-6H3. The van der Waals surface area contributed by atoms with E-state index in [1.54, 1.807) is 37.0 Å². The maximum absolute atomic E-state index is 14.1. The fraction of sp³-hybridized carbons (Fsp3) is 0.375. The highest BCUT2D eigenvalue weighted by Crippen LogP contribution is 2.33. The average Bonchev–Trinajstić information content (AvgIpc) is 2.83. The van der Waals surface area contributed by atoms with Crippen molar-refractivity contribution in [3.05, 3.63) is 54.5 Å². The Morgan fingerprint density at radius 3 is 2.43 bits per heavy atom. The summed E-state index contributed by atoms with van der Waals surface area (Å²) < 4.78 is 40.5. The van der Waals surface area contributed by atoms with Gasteiger partial charge >= 0.3 is 0 Å². The second-order valence-corrected chi connectivity index (χ2v) is 17.5. The molecule has 0 aliphatic rings. The largest absolute Gasteiger partial charge is 0.478 e. The van der Waals surface area contributed by atoms with Gasteiger partial charge in [-0.3, -0.25) is 4.98 Å². The minimum absolute atomic E-state index is 0.0510. The monoisotopic (exact) mass is 532 g/mol. The normalized spacial score (nSPS) is 11.9. The Balaban J connectivity index is 2.07. The van der Waals surface area contributed by atoms with Crippen LogP contribution in [-0.4, -0.2) is 58.1 Å². The maximum Gasteiger partial charge on any atom is 0.269 e. The molecule has 188 valence electrons. The van der Waals surface area contributed by atoms with Crippen LogP contribution in [-0.2, 0) is 14.8 Å². The molecular weight excluding hydrogens is 501 g/mol. The van der Waals surface area contributed by atoms with E-state index in [9.17, 15) is 8.42 Å². The molecule has 0 radical (unpaired) electrons. The molecule has 0 saturated carbocycles. The lowest BCUT2D eigenvalue weighted by molar-refractivity contribution is 0.155. The van der Waals surface area contributed by atoms with Crippen LogP contribution in [0.1, 0.15) is 5.69 Å². The predicted octanol–water partition coefficient (Wildman–Crippen LogP) is 5.09. The quantitative estimate of drug-likeness (QED) is 0.146. The zero-order valence-electron chi connectivity index (χ0n) is 21.0. The fourth-order valence-electron chi connectivity index (χ4n) is 3.21. The van der Waals surface area contributed by atoms with Crippen molar-refractivity contribution in [2.45, 2.75) is 42.4 Å². The summed E-state index contributed by atoms with van der Waals surface area (Å²) in [7, 11) is -4.07. The minimum Gasteiger partial charge on any atom is -0.478 e. The molecule has 0 amide bonds. The molecule has 11 heteroatoms. The van der Waals surface area contributed by atoms with Crippen LogP contribution in [0.15, 0.2) is 58.6 Å². The molecule has 35 heavy (non-hydrogen) atoms. The van der Waals surface area contributed by atoms with Crippen LogP contribution < -0.4 is 9.04 Å². The molecule has 0 atom stereocenters. The zero-order valence-corrected chi connectivity index (χ0v) is 23.6. The van der Waals surface area contributed by atoms with Gasteiger partial charge in [-0.1, -0.05) is 31.8 Å². The minimum atomic E-state index is -4.14. The summed E-state index contributed by atoms with van der Waals surface area (Å²) >= 11 is 1.61. The molecule has 0 N–H and O–H groups in total. The van der Waals surface area contributed by atoms with Gasteiger partial charge in [0.15, 0.2) is 0 Å². The number of hydrogen-bond donors (Lipinski definition) is 0. The average molecular weight is 533 g/mol. The predicted molar refractivity (Wildman–Crippen MR) is 143 cm³/mol. The molecule has 2 heterocycles. The summed E-state index contributed by atoms with van der Waals surface area (Å²) in [4.78, 5) is 14.2. The Morgan fingerprint density at radius 2 is 1.80 bits per heavy atom. The Bertz CT molecular complexity index is 1250. The van der Waals surface area contributed by atoms with Crippen molar-refractivity contribution in [1.29, 1.82) is 0 Å². The third-order valence-corrected chi connectivity index (χ3v) is 9.37. The van der Waals surface area contributed by atoms with Crippen LogP contribution in [0.2, 0.25) is 25.7 Å². The highest BCUT2D eigenvalue weighted by atomic mass is 32.2. The summed E-state index contributed by atoms with van der Waals surface area (Å²) in [6, 6.07) is 11.7. The lowest BCUT2D eigenvalue weighted by atomic mass is 10.1. The van der Waals surface area contributed by atoms with Crippen molar-refractivity contribution in [1.82, 2.24) is 15.0 Å². The number of sulfonamides is 1. The van der Waals surface area contributed by atoms with Gasteiger partial charge in [0.25, 0.3) is 15.9 Å². The number of anilines is 1. The molecule has 3 aromatic rings. The van der Waals surface area contributed by atoms with E-state index in [2.05, 4.69) is 34.6 Å². The number of nitrogens with zero attached hydrogens (tertiary/aromatic N) is 4. The number of methoxy groups -OCH3 is 1. The Morgan fingerprint density at radius 1 is 1.09 bits per heavy atom. The van der Waals surface area contributed by atoms with Crippen LogP contribution in [0.5, 0.6) is 5.88 Å². The summed E-state index contributed by atoms with van der Waals surface area (Å²) in [5, 5.41) is 0. The molecule has 0 unspecified atom stereocenters. The van der Waals surface area contributed by atoms with Crippen molar-refractivity contribution in [3.63, 3.8) is 0 Å². The smallest absolute Gasteiger partial charge is 0.269 e. The molecule has 0 aliphatic carbocycles. The van der Waals surface area contributed by atoms with Crippen LogP contribution in [0.25, 0.3) is 11.3 Å². The van der Waals surface area contributed by atoms with Crippen LogP contribution in [0, 0.1) is 6.92 Å². The fourth-order valence-corrected chi connectivity index (χ4v) is 5.84. The van der Waals surface area contributed by atoms with Crippen molar-refractivity contribution in [2.24, 2.45) is 0 Å². The van der Waals surface area contributed by atoms with E-state index in [0.717, 1.165) is 15.2 Å². The number of hydrogen-bond acceptors (Lipinski definition) is 8. The van der Waals surface area contributed by atoms with E-state index < -0.39 is 18.1 Å². The second kappa shape index (κ2) is 11.5. The third kappa shape index (κ3) is 6.81. The zero-order chi connectivity index (χ0) is 25.6. The second-order valence-electron chi connectivity index (χ2n) is 9.12. The van der Waals surface area contributed by atoms with E-state index in [4.69, 9.17) is 9.47 Å². The molecule has 8 nitrogen and oxygen atoms in total. The molecular formula is C24H32N4O4S2Si. The van der Waals surface area contributed by atoms with E-state index in [1.165, 1.54) is 13.3 Å². The lowest BCUT2D eigenvalue weighted by Crippen LogP contribution is -2.35. The van der Waals surface area contributed by atoms with Crippen LogP contribution in [0.3, 0.4) is 0 Å². The van der Waals surface area contributed by atoms with E-state index in [1.807, 2.05) is 30.5 Å². The first-order chi connectivity index (χ1) is 16.6. The van der Waals surface area contributed by atoms with Crippen molar-refractivity contribution in [2.75, 3.05) is 31.0 Å². The lowest BCUT2D eigenvalue weighted by Gasteiger charge is -2.25. The maximum atomic E-state index is 14.1. The van der Waals surface area contributed by atoms with Gasteiger partial charge in [0.05, 0.1) is 24.7 Å². The number of rotatable bonds is 11. The van der Waals surface area contributed by atoms with Gasteiger partial charge in [-0.2, -0.15) is 0 Å². The molecule has 0 aliphatic heterocycles. The molecule has 0 spiro atoms. The van der Waals surface area contributed by atoms with Crippen molar-refractivity contribution in [3.8, 4) is 17.1 Å². The molecule has 1 aromatic carbocycles. The summed E-state index contributed by atoms with van der Waals surface area (Å²) in [5.74, 6) is 0.177. The number of benzene rings is 1. The number of pyridine rings is 1. The number of thioether (sulfide) groups is 1. The Hall–Kier alpha value is -2.47. The molecule has 0 saturated heterocycles. The first kappa shape index (κ1) is 27.1. The highest BCUT2D eigenvalue weighted by Gasteiger charge is 2.32. The number of ether oxygens (including phenoxy) is 2. The summed E-state index contributed by atoms with van der Waals surface area (Å²) in [6.07, 6.45) is 5.08.